The second kappa shape index (κ2) is 9.94. The summed E-state index contributed by atoms with van der Waals surface area (Å²) in [5.41, 5.74) is 3.23. The molecule has 1 fully saturated rings. The van der Waals surface area contributed by atoms with Crippen LogP contribution in [0.5, 0.6) is 0 Å². The molecule has 6 nitrogen and oxygen atoms in total. The van der Waals surface area contributed by atoms with Crippen molar-refractivity contribution in [2.45, 2.75) is 44.4 Å². The molecular formula is C24H34N3O3S+. The lowest BCUT2D eigenvalue weighted by molar-refractivity contribution is -0.895. The van der Waals surface area contributed by atoms with Gasteiger partial charge in [-0.2, -0.15) is 4.31 Å². The van der Waals surface area contributed by atoms with Crippen LogP contribution >= 0.6 is 0 Å². The van der Waals surface area contributed by atoms with Crippen molar-refractivity contribution in [1.82, 2.24) is 4.31 Å². The third-order valence-corrected chi connectivity index (χ3v) is 7.77. The molecule has 168 valence electrons. The van der Waals surface area contributed by atoms with Crippen LogP contribution in [0.1, 0.15) is 50.7 Å². The highest BCUT2D eigenvalue weighted by Crippen LogP contribution is 2.32. The predicted molar refractivity (Wildman–Crippen MR) is 124 cm³/mol. The lowest BCUT2D eigenvalue weighted by Gasteiger charge is -2.31. The summed E-state index contributed by atoms with van der Waals surface area (Å²) < 4.78 is 27.1. The smallest absolute Gasteiger partial charge is 0.279 e. The Kier molecular flexibility index (Phi) is 7.51. The third kappa shape index (κ3) is 5.53. The van der Waals surface area contributed by atoms with Gasteiger partial charge in [-0.1, -0.05) is 64.1 Å². The van der Waals surface area contributed by atoms with Crippen molar-refractivity contribution < 1.29 is 18.1 Å². The Bertz CT molecular complexity index is 970. The Labute approximate surface area is 186 Å². The fraction of sp³-hybridized carbons (Fsp3) is 0.458. The monoisotopic (exact) mass is 444 g/mol. The van der Waals surface area contributed by atoms with Crippen LogP contribution in [-0.2, 0) is 14.8 Å². The molecule has 31 heavy (non-hydrogen) atoms. The van der Waals surface area contributed by atoms with Crippen LogP contribution in [0.15, 0.2) is 53.4 Å². The molecule has 1 aliphatic rings. The molecule has 0 radical (unpaired) electrons. The topological polar surface area (TPSA) is 70.9 Å². The minimum atomic E-state index is -3.47. The number of carbonyl (C=O) groups is 1. The van der Waals surface area contributed by atoms with E-state index in [-0.39, 0.29) is 5.91 Å². The molecule has 1 saturated heterocycles. The van der Waals surface area contributed by atoms with Gasteiger partial charge in [0.15, 0.2) is 6.54 Å². The van der Waals surface area contributed by atoms with Crippen LogP contribution in [0.2, 0.25) is 0 Å². The summed E-state index contributed by atoms with van der Waals surface area (Å²) >= 11 is 0. The molecule has 1 aliphatic heterocycles. The van der Waals surface area contributed by atoms with Gasteiger partial charge in [-0.15, -0.1) is 0 Å². The van der Waals surface area contributed by atoms with Crippen LogP contribution in [-0.4, -0.2) is 51.4 Å². The maximum atomic E-state index is 12.9. The van der Waals surface area contributed by atoms with Crippen molar-refractivity contribution in [1.29, 1.82) is 0 Å². The van der Waals surface area contributed by atoms with E-state index in [0.717, 1.165) is 21.7 Å². The number of rotatable bonds is 7. The summed E-state index contributed by atoms with van der Waals surface area (Å²) in [7, 11) is -3.47. The number of sulfonamides is 1. The highest BCUT2D eigenvalue weighted by molar-refractivity contribution is 7.89. The van der Waals surface area contributed by atoms with E-state index in [1.165, 1.54) is 4.31 Å². The number of nitrogens with zero attached hydrogens (tertiary/aromatic N) is 1. The van der Waals surface area contributed by atoms with E-state index in [9.17, 15) is 13.2 Å². The number of anilines is 1. The van der Waals surface area contributed by atoms with E-state index in [1.807, 2.05) is 6.07 Å². The molecule has 0 saturated carbocycles. The Morgan fingerprint density at radius 3 is 2.00 bits per heavy atom. The SMILES string of the molecule is CC(C)c1cccc(C(C)C)c1NC(=O)C[NH+]1CCN(S(=O)(=O)c2ccccc2)CC1. The summed E-state index contributed by atoms with van der Waals surface area (Å²) in [6.07, 6.45) is 0. The van der Waals surface area contributed by atoms with E-state index in [2.05, 4.69) is 51.2 Å². The second-order valence-electron chi connectivity index (χ2n) is 8.81. The van der Waals surface area contributed by atoms with Gasteiger partial charge in [0.05, 0.1) is 31.1 Å². The Hall–Kier alpha value is -2.22. The van der Waals surface area contributed by atoms with Crippen LogP contribution in [0.25, 0.3) is 0 Å². The van der Waals surface area contributed by atoms with Gasteiger partial charge in [0.2, 0.25) is 10.0 Å². The second-order valence-corrected chi connectivity index (χ2v) is 10.8. The van der Waals surface area contributed by atoms with Gasteiger partial charge < -0.3 is 10.2 Å². The molecule has 1 amide bonds. The zero-order chi connectivity index (χ0) is 22.6. The van der Waals surface area contributed by atoms with Crippen LogP contribution in [0.4, 0.5) is 5.69 Å². The third-order valence-electron chi connectivity index (χ3n) is 5.86. The van der Waals surface area contributed by atoms with Crippen molar-refractivity contribution in [3.8, 4) is 0 Å². The molecule has 3 rings (SSSR count). The number of nitrogens with one attached hydrogen (secondary N) is 2. The van der Waals surface area contributed by atoms with E-state index >= 15 is 0 Å². The van der Waals surface area contributed by atoms with Crippen molar-refractivity contribution in [2.75, 3.05) is 38.0 Å². The number of piperazine rings is 1. The van der Waals surface area contributed by atoms with Gasteiger partial charge in [0.25, 0.3) is 5.91 Å². The van der Waals surface area contributed by atoms with Gasteiger partial charge in [-0.3, -0.25) is 4.79 Å². The minimum absolute atomic E-state index is 0.0237. The van der Waals surface area contributed by atoms with Crippen LogP contribution in [0, 0.1) is 0 Å². The molecule has 2 aromatic rings. The Balaban J connectivity index is 1.63. The van der Waals surface area contributed by atoms with Crippen molar-refractivity contribution in [3.05, 3.63) is 59.7 Å². The fourth-order valence-corrected chi connectivity index (χ4v) is 5.53. The van der Waals surface area contributed by atoms with E-state index < -0.39 is 10.0 Å². The molecular weight excluding hydrogens is 410 g/mol. The fourth-order valence-electron chi connectivity index (χ4n) is 4.07. The Morgan fingerprint density at radius 2 is 1.48 bits per heavy atom. The average Bonchev–Trinajstić information content (AvgIpc) is 2.74. The first kappa shape index (κ1) is 23.4. The molecule has 0 aliphatic carbocycles. The molecule has 0 aromatic heterocycles. The molecule has 0 unspecified atom stereocenters. The average molecular weight is 445 g/mol. The van der Waals surface area contributed by atoms with E-state index in [4.69, 9.17) is 0 Å². The minimum Gasteiger partial charge on any atom is -0.325 e. The Morgan fingerprint density at radius 1 is 0.935 bits per heavy atom. The zero-order valence-corrected chi connectivity index (χ0v) is 19.7. The summed E-state index contributed by atoms with van der Waals surface area (Å²) in [4.78, 5) is 14.3. The summed E-state index contributed by atoms with van der Waals surface area (Å²) in [5, 5.41) is 3.16. The lowest BCUT2D eigenvalue weighted by atomic mass is 9.92. The summed E-state index contributed by atoms with van der Waals surface area (Å²) in [6.45, 7) is 10.9. The van der Waals surface area contributed by atoms with Crippen LogP contribution < -0.4 is 10.2 Å². The number of hydrogen-bond donors (Lipinski definition) is 2. The number of para-hydroxylation sites is 1. The maximum Gasteiger partial charge on any atom is 0.279 e. The van der Waals surface area contributed by atoms with Crippen molar-refractivity contribution >= 4 is 21.6 Å². The molecule has 2 aromatic carbocycles. The van der Waals surface area contributed by atoms with Crippen molar-refractivity contribution in [2.24, 2.45) is 0 Å². The number of amides is 1. The largest absolute Gasteiger partial charge is 0.325 e. The highest BCUT2D eigenvalue weighted by Gasteiger charge is 2.31. The van der Waals surface area contributed by atoms with Gasteiger partial charge in [-0.25, -0.2) is 8.42 Å². The predicted octanol–water partition coefficient (Wildman–Crippen LogP) is 2.46. The summed E-state index contributed by atoms with van der Waals surface area (Å²) in [5.74, 6) is 0.602. The standard InChI is InChI=1S/C24H33N3O3S/c1-18(2)21-11-8-12-22(19(3)4)24(21)25-23(28)17-26-13-15-27(16-14-26)31(29,30)20-9-6-5-7-10-20/h5-12,18-19H,13-17H2,1-4H3,(H,25,28)/p+1. The molecule has 0 spiro atoms. The number of quaternary nitrogens is 1. The van der Waals surface area contributed by atoms with Crippen molar-refractivity contribution in [3.63, 3.8) is 0 Å². The first-order valence-corrected chi connectivity index (χ1v) is 12.5. The normalized spacial score (nSPS) is 16.1. The maximum absolute atomic E-state index is 12.9. The first-order chi connectivity index (χ1) is 14.7. The van der Waals surface area contributed by atoms with Gasteiger partial charge in [-0.05, 0) is 35.1 Å². The van der Waals surface area contributed by atoms with Gasteiger partial charge in [0.1, 0.15) is 0 Å². The van der Waals surface area contributed by atoms with Crippen LogP contribution in [0.3, 0.4) is 0 Å². The number of hydrogen-bond acceptors (Lipinski definition) is 3. The highest BCUT2D eigenvalue weighted by atomic mass is 32.2. The molecule has 7 heteroatoms. The molecule has 1 heterocycles. The number of carbonyl (C=O) groups excluding carboxylic acids is 1. The van der Waals surface area contributed by atoms with Gasteiger partial charge in [0, 0.05) is 5.69 Å². The molecule has 0 bridgehead atoms. The zero-order valence-electron chi connectivity index (χ0n) is 18.9. The number of benzene rings is 2. The quantitative estimate of drug-likeness (QED) is 0.689. The molecule has 0 atom stereocenters. The lowest BCUT2D eigenvalue weighted by Crippen LogP contribution is -3.15. The van der Waals surface area contributed by atoms with E-state index in [0.29, 0.717) is 49.5 Å². The molecule has 2 N–H and O–H groups in total. The van der Waals surface area contributed by atoms with E-state index in [1.54, 1.807) is 24.3 Å². The summed E-state index contributed by atoms with van der Waals surface area (Å²) in [6, 6.07) is 14.7. The van der Waals surface area contributed by atoms with Gasteiger partial charge >= 0.3 is 0 Å². The first-order valence-electron chi connectivity index (χ1n) is 11.0.